The molecule has 1 aliphatic carbocycles. The number of hydrogen-bond donors (Lipinski definition) is 1. The maximum Gasteiger partial charge on any atom is 0.243 e. The molecule has 3 rings (SSSR count). The number of nitrogens with one attached hydrogen (secondary N) is 1. The zero-order valence-electron chi connectivity index (χ0n) is 21.7. The van der Waals surface area contributed by atoms with Crippen LogP contribution < -0.4 is 5.32 Å². The lowest BCUT2D eigenvalue weighted by Gasteiger charge is -2.32. The Morgan fingerprint density at radius 1 is 1.06 bits per heavy atom. The minimum atomic E-state index is -3.61. The molecule has 0 bridgehead atoms. The molecular formula is C28H39N3O4S. The Hall–Kier alpha value is -2.71. The predicted molar refractivity (Wildman–Crippen MR) is 142 cm³/mol. The second-order valence-corrected chi connectivity index (χ2v) is 11.7. The highest BCUT2D eigenvalue weighted by molar-refractivity contribution is 7.89. The number of nitrogens with zero attached hydrogens (tertiary/aromatic N) is 2. The van der Waals surface area contributed by atoms with Gasteiger partial charge in [0.25, 0.3) is 0 Å². The van der Waals surface area contributed by atoms with Crippen LogP contribution in [0.5, 0.6) is 0 Å². The fraction of sp³-hybridized carbons (Fsp3) is 0.500. The van der Waals surface area contributed by atoms with Crippen molar-refractivity contribution in [3.05, 3.63) is 65.7 Å². The van der Waals surface area contributed by atoms with Crippen LogP contribution in [0.15, 0.2) is 59.5 Å². The van der Waals surface area contributed by atoms with E-state index >= 15 is 0 Å². The summed E-state index contributed by atoms with van der Waals surface area (Å²) in [4.78, 5) is 28.6. The number of aryl methyl sites for hydroxylation is 1. The van der Waals surface area contributed by atoms with E-state index in [1.54, 1.807) is 35.2 Å². The van der Waals surface area contributed by atoms with Crippen LogP contribution in [-0.4, -0.2) is 55.1 Å². The van der Waals surface area contributed by atoms with Crippen molar-refractivity contribution in [1.82, 2.24) is 14.5 Å². The highest BCUT2D eigenvalue weighted by atomic mass is 32.2. The van der Waals surface area contributed by atoms with Crippen LogP contribution in [0.2, 0.25) is 0 Å². The Morgan fingerprint density at radius 3 is 2.39 bits per heavy atom. The molecule has 0 saturated heterocycles. The molecule has 7 nitrogen and oxygen atoms in total. The number of hydrogen-bond acceptors (Lipinski definition) is 4. The Labute approximate surface area is 215 Å². The fourth-order valence-corrected chi connectivity index (χ4v) is 6.01. The van der Waals surface area contributed by atoms with Gasteiger partial charge in [0.15, 0.2) is 0 Å². The van der Waals surface area contributed by atoms with Gasteiger partial charge in [-0.3, -0.25) is 9.59 Å². The van der Waals surface area contributed by atoms with Crippen molar-refractivity contribution in [1.29, 1.82) is 0 Å². The zero-order chi connectivity index (χ0) is 26.1. The first kappa shape index (κ1) is 27.9. The third-order valence-corrected chi connectivity index (χ3v) is 8.71. The third kappa shape index (κ3) is 7.40. The molecule has 0 aromatic heterocycles. The summed E-state index contributed by atoms with van der Waals surface area (Å²) < 4.78 is 26.9. The van der Waals surface area contributed by atoms with Crippen LogP contribution in [0.1, 0.15) is 63.0 Å². The molecule has 8 heteroatoms. The van der Waals surface area contributed by atoms with Gasteiger partial charge in [-0.1, -0.05) is 67.8 Å². The number of amides is 2. The van der Waals surface area contributed by atoms with Crippen LogP contribution in [0, 0.1) is 6.92 Å². The number of rotatable bonds is 12. The Bertz CT molecular complexity index is 1110. The summed E-state index contributed by atoms with van der Waals surface area (Å²) in [5.74, 6) is -0.246. The summed E-state index contributed by atoms with van der Waals surface area (Å²) in [5, 5.41) is 3.15. The molecule has 196 valence electrons. The van der Waals surface area contributed by atoms with E-state index in [-0.39, 0.29) is 35.7 Å². The number of carbonyl (C=O) groups excluding carboxylic acids is 2. The number of carbonyl (C=O) groups is 2. The van der Waals surface area contributed by atoms with E-state index in [2.05, 4.69) is 5.32 Å². The Kier molecular flexibility index (Phi) is 10.1. The van der Waals surface area contributed by atoms with E-state index in [1.807, 2.05) is 38.1 Å². The van der Waals surface area contributed by atoms with Gasteiger partial charge in [0.05, 0.1) is 4.90 Å². The van der Waals surface area contributed by atoms with Crippen molar-refractivity contribution in [3.8, 4) is 0 Å². The minimum absolute atomic E-state index is 0.103. The van der Waals surface area contributed by atoms with Crippen molar-refractivity contribution in [3.63, 3.8) is 0 Å². The fourth-order valence-electron chi connectivity index (χ4n) is 4.78. The summed E-state index contributed by atoms with van der Waals surface area (Å²) in [5.41, 5.74) is 2.07. The van der Waals surface area contributed by atoms with Gasteiger partial charge in [-0.15, -0.1) is 0 Å². The van der Waals surface area contributed by atoms with Crippen LogP contribution in [0.4, 0.5) is 0 Å². The van der Waals surface area contributed by atoms with Crippen molar-refractivity contribution in [2.24, 2.45) is 0 Å². The minimum Gasteiger partial charge on any atom is -0.352 e. The van der Waals surface area contributed by atoms with E-state index < -0.39 is 16.1 Å². The van der Waals surface area contributed by atoms with E-state index in [1.165, 1.54) is 11.4 Å². The molecule has 0 aliphatic heterocycles. The first-order valence-electron chi connectivity index (χ1n) is 12.9. The van der Waals surface area contributed by atoms with Crippen LogP contribution in [-0.2, 0) is 26.2 Å². The molecule has 1 unspecified atom stereocenters. The van der Waals surface area contributed by atoms with Crippen LogP contribution in [0.25, 0.3) is 0 Å². The topological polar surface area (TPSA) is 86.8 Å². The lowest BCUT2D eigenvalue weighted by molar-refractivity contribution is -0.141. The van der Waals surface area contributed by atoms with Gasteiger partial charge < -0.3 is 10.2 Å². The molecule has 1 N–H and O–H groups in total. The molecule has 0 spiro atoms. The summed E-state index contributed by atoms with van der Waals surface area (Å²) in [7, 11) is -2.09. The molecule has 36 heavy (non-hydrogen) atoms. The first-order chi connectivity index (χ1) is 17.2. The molecule has 2 aromatic carbocycles. The first-order valence-corrected chi connectivity index (χ1v) is 14.3. The summed E-state index contributed by atoms with van der Waals surface area (Å²) in [6, 6.07) is 15.8. The number of benzene rings is 2. The highest BCUT2D eigenvalue weighted by Gasteiger charge is 2.30. The van der Waals surface area contributed by atoms with Crippen molar-refractivity contribution in [2.75, 3.05) is 13.6 Å². The second kappa shape index (κ2) is 13.0. The standard InChI is InChI=1S/C28H39N3O4S/c1-4-26(28(33)29-24-14-8-9-15-24)31(21-23-13-10-12-22(2)20-23)27(32)18-11-19-30(3)36(34,35)25-16-6-5-7-17-25/h5-7,10,12-13,16-17,20,24,26H,4,8-9,11,14-15,18-19,21H2,1-3H3,(H,29,33). The monoisotopic (exact) mass is 513 g/mol. The van der Waals surface area contributed by atoms with Gasteiger partial charge in [-0.25, -0.2) is 12.7 Å². The summed E-state index contributed by atoms with van der Waals surface area (Å²) in [6.45, 7) is 4.49. The second-order valence-electron chi connectivity index (χ2n) is 9.67. The van der Waals surface area contributed by atoms with Crippen molar-refractivity contribution in [2.45, 2.75) is 82.3 Å². The maximum atomic E-state index is 13.5. The van der Waals surface area contributed by atoms with E-state index in [0.29, 0.717) is 19.4 Å². The van der Waals surface area contributed by atoms with Crippen LogP contribution >= 0.6 is 0 Å². The zero-order valence-corrected chi connectivity index (χ0v) is 22.5. The van der Waals surface area contributed by atoms with E-state index in [0.717, 1.165) is 36.8 Å². The molecule has 0 heterocycles. The molecule has 1 fully saturated rings. The van der Waals surface area contributed by atoms with Crippen LogP contribution in [0.3, 0.4) is 0 Å². The van der Waals surface area contributed by atoms with Gasteiger partial charge in [0, 0.05) is 32.6 Å². The quantitative estimate of drug-likeness (QED) is 0.459. The average molecular weight is 514 g/mol. The molecule has 0 radical (unpaired) electrons. The van der Waals surface area contributed by atoms with Gasteiger partial charge in [-0.2, -0.15) is 0 Å². The molecular weight excluding hydrogens is 474 g/mol. The molecule has 2 aromatic rings. The maximum absolute atomic E-state index is 13.5. The Morgan fingerprint density at radius 2 is 1.75 bits per heavy atom. The summed E-state index contributed by atoms with van der Waals surface area (Å²) in [6.07, 6.45) is 5.24. The van der Waals surface area contributed by atoms with Crippen molar-refractivity contribution >= 4 is 21.8 Å². The van der Waals surface area contributed by atoms with E-state index in [4.69, 9.17) is 0 Å². The van der Waals surface area contributed by atoms with Crippen molar-refractivity contribution < 1.29 is 18.0 Å². The lowest BCUT2D eigenvalue weighted by Crippen LogP contribution is -2.51. The van der Waals surface area contributed by atoms with Gasteiger partial charge in [-0.05, 0) is 50.3 Å². The predicted octanol–water partition coefficient (Wildman–Crippen LogP) is 4.26. The molecule has 1 atom stereocenters. The van der Waals surface area contributed by atoms with Gasteiger partial charge in [0.1, 0.15) is 6.04 Å². The normalized spacial score (nSPS) is 15.1. The molecule has 1 aliphatic rings. The number of sulfonamides is 1. The largest absolute Gasteiger partial charge is 0.352 e. The smallest absolute Gasteiger partial charge is 0.243 e. The molecule has 2 amide bonds. The summed E-state index contributed by atoms with van der Waals surface area (Å²) >= 11 is 0. The van der Waals surface area contributed by atoms with Gasteiger partial charge >= 0.3 is 0 Å². The SMILES string of the molecule is CCC(C(=O)NC1CCCC1)N(Cc1cccc(C)c1)C(=O)CCCN(C)S(=O)(=O)c1ccccc1. The van der Waals surface area contributed by atoms with E-state index in [9.17, 15) is 18.0 Å². The third-order valence-electron chi connectivity index (χ3n) is 6.84. The average Bonchev–Trinajstić information content (AvgIpc) is 3.37. The molecule has 1 saturated carbocycles. The Balaban J connectivity index is 1.69. The lowest BCUT2D eigenvalue weighted by atomic mass is 10.1. The highest BCUT2D eigenvalue weighted by Crippen LogP contribution is 2.20. The van der Waals surface area contributed by atoms with Gasteiger partial charge in [0.2, 0.25) is 21.8 Å².